The molecule has 0 N–H and O–H groups in total. The van der Waals surface area contributed by atoms with Gasteiger partial charge in [-0.25, -0.2) is 0 Å². The molecule has 1 aromatic heterocycles. The number of nitriles is 1. The van der Waals surface area contributed by atoms with E-state index in [1.54, 1.807) is 12.1 Å². The van der Waals surface area contributed by atoms with Crippen LogP contribution in [0.25, 0.3) is 0 Å². The van der Waals surface area contributed by atoms with Crippen LogP contribution in [0.4, 0.5) is 0 Å². The van der Waals surface area contributed by atoms with Crippen LogP contribution < -0.4 is 0 Å². The molecule has 0 atom stereocenters. The van der Waals surface area contributed by atoms with Crippen LogP contribution in [0.1, 0.15) is 37.4 Å². The van der Waals surface area contributed by atoms with Gasteiger partial charge in [0, 0.05) is 32.7 Å². The van der Waals surface area contributed by atoms with Crippen LogP contribution in [0.15, 0.2) is 36.4 Å². The summed E-state index contributed by atoms with van der Waals surface area (Å²) in [7, 11) is 0. The van der Waals surface area contributed by atoms with Crippen LogP contribution in [-0.2, 0) is 6.54 Å². The van der Waals surface area contributed by atoms with Gasteiger partial charge in [0.15, 0.2) is 5.78 Å². The number of ketones is 1. The van der Waals surface area contributed by atoms with Crippen molar-refractivity contribution in [3.8, 4) is 6.07 Å². The molecule has 3 rings (SSSR count). The van der Waals surface area contributed by atoms with Gasteiger partial charge < -0.3 is 4.90 Å². The minimum Gasteiger partial charge on any atom is -0.335 e. The summed E-state index contributed by atoms with van der Waals surface area (Å²) in [5.74, 6) is 0.00630. The number of carbonyl (C=O) groups is 2. The van der Waals surface area contributed by atoms with Crippen LogP contribution in [0.3, 0.4) is 0 Å². The Balaban J connectivity index is 1.54. The molecule has 5 nitrogen and oxygen atoms in total. The highest BCUT2D eigenvalue weighted by Gasteiger charge is 2.23. The molecule has 1 aliphatic rings. The molecule has 0 bridgehead atoms. The molecule has 0 saturated carbocycles. The lowest BCUT2D eigenvalue weighted by atomic mass is 10.1. The minimum absolute atomic E-state index is 0.00344. The normalized spacial score (nSPS) is 15.0. The zero-order valence-corrected chi connectivity index (χ0v) is 14.9. The van der Waals surface area contributed by atoms with E-state index in [0.29, 0.717) is 28.4 Å². The van der Waals surface area contributed by atoms with Gasteiger partial charge in [0.2, 0.25) is 0 Å². The quantitative estimate of drug-likeness (QED) is 0.793. The molecular formula is C19H19N3O2S. The maximum Gasteiger partial charge on any atom is 0.264 e. The maximum atomic E-state index is 12.5. The Bertz CT molecular complexity index is 812. The molecule has 0 aliphatic carbocycles. The fourth-order valence-electron chi connectivity index (χ4n) is 2.85. The largest absolute Gasteiger partial charge is 0.335 e. The Labute approximate surface area is 151 Å². The third-order valence-corrected chi connectivity index (χ3v) is 5.49. The first-order valence-corrected chi connectivity index (χ1v) is 9.00. The summed E-state index contributed by atoms with van der Waals surface area (Å²) in [6.45, 7) is 5.33. The second kappa shape index (κ2) is 7.60. The lowest BCUT2D eigenvalue weighted by molar-refractivity contribution is 0.0633. The number of nitrogens with zero attached hydrogens (tertiary/aromatic N) is 3. The van der Waals surface area contributed by atoms with Crippen molar-refractivity contribution in [2.24, 2.45) is 0 Å². The van der Waals surface area contributed by atoms with Crippen LogP contribution in [0.5, 0.6) is 0 Å². The highest BCUT2D eigenvalue weighted by Crippen LogP contribution is 2.20. The maximum absolute atomic E-state index is 12.5. The van der Waals surface area contributed by atoms with Crippen molar-refractivity contribution in [2.45, 2.75) is 13.5 Å². The number of piperazine rings is 1. The molecular weight excluding hydrogens is 334 g/mol. The van der Waals surface area contributed by atoms with Crippen LogP contribution in [0.2, 0.25) is 0 Å². The number of carbonyl (C=O) groups excluding carboxylic acids is 2. The van der Waals surface area contributed by atoms with E-state index in [1.807, 2.05) is 29.2 Å². The summed E-state index contributed by atoms with van der Waals surface area (Å²) in [4.78, 5) is 29.3. The molecule has 1 aromatic carbocycles. The van der Waals surface area contributed by atoms with E-state index in [-0.39, 0.29) is 11.7 Å². The molecule has 0 radical (unpaired) electrons. The van der Waals surface area contributed by atoms with E-state index in [4.69, 9.17) is 5.26 Å². The second-order valence-electron chi connectivity index (χ2n) is 6.10. The Kier molecular flexibility index (Phi) is 5.27. The monoisotopic (exact) mass is 353 g/mol. The van der Waals surface area contributed by atoms with Gasteiger partial charge in [0.05, 0.1) is 21.4 Å². The molecule has 6 heteroatoms. The molecule has 128 valence electrons. The predicted molar refractivity (Wildman–Crippen MR) is 96.7 cm³/mol. The highest BCUT2D eigenvalue weighted by molar-refractivity contribution is 7.15. The minimum atomic E-state index is -0.00344. The number of thiophene rings is 1. The number of rotatable bonds is 4. The van der Waals surface area contributed by atoms with Crippen molar-refractivity contribution in [1.29, 1.82) is 5.26 Å². The van der Waals surface area contributed by atoms with Crippen molar-refractivity contribution in [3.63, 3.8) is 0 Å². The third kappa shape index (κ3) is 4.13. The number of amides is 1. The molecule has 25 heavy (non-hydrogen) atoms. The lowest BCUT2D eigenvalue weighted by Crippen LogP contribution is -2.48. The highest BCUT2D eigenvalue weighted by atomic mass is 32.1. The Morgan fingerprint density at radius 1 is 1.04 bits per heavy atom. The number of benzene rings is 1. The van der Waals surface area contributed by atoms with E-state index < -0.39 is 0 Å². The molecule has 2 heterocycles. The van der Waals surface area contributed by atoms with Gasteiger partial charge in [-0.3, -0.25) is 14.5 Å². The number of hydrogen-bond acceptors (Lipinski definition) is 5. The van der Waals surface area contributed by atoms with Gasteiger partial charge >= 0.3 is 0 Å². The summed E-state index contributed by atoms with van der Waals surface area (Å²) < 4.78 is 0. The Morgan fingerprint density at radius 2 is 1.68 bits per heavy atom. The second-order valence-corrected chi connectivity index (χ2v) is 7.18. The van der Waals surface area contributed by atoms with Crippen molar-refractivity contribution < 1.29 is 9.59 Å². The van der Waals surface area contributed by atoms with Crippen molar-refractivity contribution in [3.05, 3.63) is 57.3 Å². The molecule has 1 fully saturated rings. The fraction of sp³-hybridized carbons (Fsp3) is 0.316. The first-order chi connectivity index (χ1) is 12.1. The Hall–Kier alpha value is -2.49. The fourth-order valence-corrected chi connectivity index (χ4v) is 3.72. The van der Waals surface area contributed by atoms with E-state index in [9.17, 15) is 9.59 Å². The first-order valence-electron chi connectivity index (χ1n) is 8.18. The summed E-state index contributed by atoms with van der Waals surface area (Å²) in [6, 6.07) is 13.2. The lowest BCUT2D eigenvalue weighted by Gasteiger charge is -2.34. The zero-order chi connectivity index (χ0) is 17.8. The number of hydrogen-bond donors (Lipinski definition) is 0. The van der Waals surface area contributed by atoms with E-state index in [2.05, 4.69) is 11.0 Å². The molecule has 2 aromatic rings. The van der Waals surface area contributed by atoms with Gasteiger partial charge in [-0.2, -0.15) is 5.26 Å². The van der Waals surface area contributed by atoms with Crippen molar-refractivity contribution in [1.82, 2.24) is 9.80 Å². The molecule has 1 aliphatic heterocycles. The SMILES string of the molecule is CC(=O)c1ccc(C(=O)N2CCN(Cc3ccc(C#N)cc3)CC2)s1. The predicted octanol–water partition coefficient (Wildman–Crippen LogP) is 2.78. The first kappa shape index (κ1) is 17.3. The van der Waals surface area contributed by atoms with E-state index >= 15 is 0 Å². The molecule has 1 saturated heterocycles. The average Bonchev–Trinajstić information content (AvgIpc) is 3.13. The molecule has 1 amide bonds. The summed E-state index contributed by atoms with van der Waals surface area (Å²) in [6.07, 6.45) is 0. The molecule has 0 spiro atoms. The van der Waals surface area contributed by atoms with E-state index in [0.717, 1.165) is 19.6 Å². The van der Waals surface area contributed by atoms with Crippen LogP contribution in [0, 0.1) is 11.3 Å². The van der Waals surface area contributed by atoms with E-state index in [1.165, 1.54) is 23.8 Å². The summed E-state index contributed by atoms with van der Waals surface area (Å²) >= 11 is 1.27. The topological polar surface area (TPSA) is 64.4 Å². The molecule has 0 unspecified atom stereocenters. The van der Waals surface area contributed by atoms with Crippen LogP contribution in [-0.4, -0.2) is 47.7 Å². The van der Waals surface area contributed by atoms with Gasteiger partial charge in [0.25, 0.3) is 5.91 Å². The summed E-state index contributed by atoms with van der Waals surface area (Å²) in [5.41, 5.74) is 1.84. The smallest absolute Gasteiger partial charge is 0.264 e. The van der Waals surface area contributed by atoms with Gasteiger partial charge in [-0.1, -0.05) is 12.1 Å². The average molecular weight is 353 g/mol. The number of Topliss-reactive ketones (excluding diaryl/α,β-unsaturated/α-hetero) is 1. The van der Waals surface area contributed by atoms with Gasteiger partial charge in [0.1, 0.15) is 0 Å². The zero-order valence-electron chi connectivity index (χ0n) is 14.1. The Morgan fingerprint density at radius 3 is 2.24 bits per heavy atom. The third-order valence-electron chi connectivity index (χ3n) is 4.31. The van der Waals surface area contributed by atoms with Crippen LogP contribution >= 0.6 is 11.3 Å². The standard InChI is InChI=1S/C19H19N3O2S/c1-14(23)17-6-7-18(25-17)19(24)22-10-8-21(9-11-22)13-16-4-2-15(12-20)3-5-16/h2-7H,8-11,13H2,1H3. The summed E-state index contributed by atoms with van der Waals surface area (Å²) in [5, 5.41) is 8.84. The van der Waals surface area contributed by atoms with Crippen molar-refractivity contribution in [2.75, 3.05) is 26.2 Å². The van der Waals surface area contributed by atoms with Gasteiger partial charge in [-0.15, -0.1) is 11.3 Å². The van der Waals surface area contributed by atoms with Gasteiger partial charge in [-0.05, 0) is 36.8 Å². The van der Waals surface area contributed by atoms with Crippen molar-refractivity contribution >= 4 is 23.0 Å².